The van der Waals surface area contributed by atoms with Crippen LogP contribution >= 0.6 is 0 Å². The summed E-state index contributed by atoms with van der Waals surface area (Å²) in [6.07, 6.45) is 0.891. The van der Waals surface area contributed by atoms with Crippen molar-refractivity contribution in [1.82, 2.24) is 25.4 Å². The van der Waals surface area contributed by atoms with Gasteiger partial charge in [0.25, 0.3) is 0 Å². The molecular formula is C17H24N6O2. The molecule has 134 valence electrons. The summed E-state index contributed by atoms with van der Waals surface area (Å²) in [4.78, 5) is 4.25. The van der Waals surface area contributed by atoms with Crippen molar-refractivity contribution in [3.63, 3.8) is 0 Å². The third-order valence-corrected chi connectivity index (χ3v) is 4.12. The predicted molar refractivity (Wildman–Crippen MR) is 94.8 cm³/mol. The minimum absolute atomic E-state index is 0.545. The van der Waals surface area contributed by atoms with Crippen molar-refractivity contribution in [2.24, 2.45) is 12.0 Å². The lowest BCUT2D eigenvalue weighted by molar-refractivity contribution is 0.296. The van der Waals surface area contributed by atoms with E-state index in [1.165, 1.54) is 0 Å². The fraction of sp³-hybridized carbons (Fsp3) is 0.471. The molecule has 1 aliphatic rings. The van der Waals surface area contributed by atoms with Crippen LogP contribution in [-0.2, 0) is 20.1 Å². The number of nitrogens with one attached hydrogen (secondary N) is 2. The van der Waals surface area contributed by atoms with E-state index in [-0.39, 0.29) is 0 Å². The molecule has 0 saturated carbocycles. The molecule has 0 aliphatic carbocycles. The van der Waals surface area contributed by atoms with Gasteiger partial charge in [-0.3, -0.25) is 4.99 Å². The van der Waals surface area contributed by atoms with Gasteiger partial charge in [0, 0.05) is 32.6 Å². The lowest BCUT2D eigenvalue weighted by Gasteiger charge is -2.15. The van der Waals surface area contributed by atoms with Crippen LogP contribution in [0.3, 0.4) is 0 Å². The smallest absolute Gasteiger partial charge is 0.191 e. The molecular weight excluding hydrogens is 320 g/mol. The number of fused-ring (bicyclic) bond motifs is 1. The second kappa shape index (κ2) is 7.87. The van der Waals surface area contributed by atoms with Gasteiger partial charge >= 0.3 is 0 Å². The summed E-state index contributed by atoms with van der Waals surface area (Å²) in [6, 6.07) is 5.94. The Kier molecular flexibility index (Phi) is 5.37. The third kappa shape index (κ3) is 4.01. The highest BCUT2D eigenvalue weighted by molar-refractivity contribution is 5.79. The highest BCUT2D eigenvalue weighted by Crippen LogP contribution is 2.33. The first-order valence-corrected chi connectivity index (χ1v) is 8.36. The fourth-order valence-electron chi connectivity index (χ4n) is 2.56. The molecule has 0 unspecified atom stereocenters. The maximum atomic E-state index is 5.85. The molecule has 0 saturated heterocycles. The Hall–Kier alpha value is -2.77. The largest absolute Gasteiger partial charge is 0.490 e. The molecule has 8 heteroatoms. The third-order valence-electron chi connectivity index (χ3n) is 4.12. The van der Waals surface area contributed by atoms with E-state index in [0.717, 1.165) is 35.1 Å². The van der Waals surface area contributed by atoms with Crippen molar-refractivity contribution in [1.29, 1.82) is 0 Å². The zero-order valence-corrected chi connectivity index (χ0v) is 14.9. The molecule has 8 nitrogen and oxygen atoms in total. The number of ether oxygens (including phenoxy) is 2. The molecule has 2 aromatic rings. The van der Waals surface area contributed by atoms with E-state index in [1.807, 2.05) is 36.7 Å². The van der Waals surface area contributed by atoms with Gasteiger partial charge in [0.1, 0.15) is 5.82 Å². The Morgan fingerprint density at radius 1 is 1.20 bits per heavy atom. The van der Waals surface area contributed by atoms with Gasteiger partial charge in [0.2, 0.25) is 0 Å². The molecule has 0 bridgehead atoms. The highest BCUT2D eigenvalue weighted by atomic mass is 16.5. The van der Waals surface area contributed by atoms with E-state index in [1.54, 1.807) is 7.05 Å². The summed E-state index contributed by atoms with van der Waals surface area (Å²) in [5, 5.41) is 14.7. The molecule has 0 spiro atoms. The predicted octanol–water partition coefficient (Wildman–Crippen LogP) is 1.15. The number of hydrogen-bond acceptors (Lipinski definition) is 5. The fourth-order valence-corrected chi connectivity index (χ4v) is 2.56. The van der Waals surface area contributed by atoms with Crippen molar-refractivity contribution in [2.75, 3.05) is 20.3 Å². The minimum Gasteiger partial charge on any atom is -0.490 e. The molecule has 0 amide bonds. The molecule has 0 fully saturated rings. The molecule has 2 heterocycles. The van der Waals surface area contributed by atoms with Crippen LogP contribution in [0.15, 0.2) is 23.2 Å². The first-order valence-electron chi connectivity index (χ1n) is 8.36. The van der Waals surface area contributed by atoms with Crippen LogP contribution in [0.5, 0.6) is 11.5 Å². The Morgan fingerprint density at radius 2 is 2.00 bits per heavy atom. The number of aliphatic imine (C=N–C) groups is 1. The van der Waals surface area contributed by atoms with Gasteiger partial charge < -0.3 is 24.7 Å². The number of aryl methyl sites for hydroxylation is 1. The van der Waals surface area contributed by atoms with E-state index in [9.17, 15) is 0 Å². The number of benzene rings is 1. The zero-order valence-electron chi connectivity index (χ0n) is 14.9. The van der Waals surface area contributed by atoms with Crippen LogP contribution in [0.4, 0.5) is 0 Å². The quantitative estimate of drug-likeness (QED) is 0.639. The first kappa shape index (κ1) is 17.1. The number of guanidine groups is 1. The van der Waals surface area contributed by atoms with E-state index < -0.39 is 0 Å². The SMILES string of the molecule is CN=C(NCc1cccc2c1OCCCO2)NCc1nnc(C)n1C. The number of para-hydroxylation sites is 1. The van der Waals surface area contributed by atoms with E-state index >= 15 is 0 Å². The average Bonchev–Trinajstić information content (AvgIpc) is 2.82. The number of nitrogens with zero attached hydrogens (tertiary/aromatic N) is 4. The Balaban J connectivity index is 1.61. The van der Waals surface area contributed by atoms with Crippen LogP contribution < -0.4 is 20.1 Å². The van der Waals surface area contributed by atoms with Crippen LogP contribution in [0.25, 0.3) is 0 Å². The van der Waals surface area contributed by atoms with Gasteiger partial charge in [-0.15, -0.1) is 10.2 Å². The Labute approximate surface area is 147 Å². The normalized spacial score (nSPS) is 14.1. The minimum atomic E-state index is 0.545. The molecule has 25 heavy (non-hydrogen) atoms. The van der Waals surface area contributed by atoms with Crippen LogP contribution in [0.2, 0.25) is 0 Å². The van der Waals surface area contributed by atoms with Gasteiger partial charge in [-0.1, -0.05) is 12.1 Å². The van der Waals surface area contributed by atoms with Gasteiger partial charge in [-0.2, -0.15) is 0 Å². The monoisotopic (exact) mass is 344 g/mol. The van der Waals surface area contributed by atoms with Gasteiger partial charge in [-0.05, 0) is 13.0 Å². The van der Waals surface area contributed by atoms with Gasteiger partial charge in [0.05, 0.1) is 19.8 Å². The molecule has 0 radical (unpaired) electrons. The van der Waals surface area contributed by atoms with E-state index in [0.29, 0.717) is 32.3 Å². The molecule has 2 N–H and O–H groups in total. The molecule has 1 aliphatic heterocycles. The summed E-state index contributed by atoms with van der Waals surface area (Å²) in [6.45, 7) is 4.41. The lowest BCUT2D eigenvalue weighted by Crippen LogP contribution is -2.37. The van der Waals surface area contributed by atoms with Crippen molar-refractivity contribution >= 4 is 5.96 Å². The van der Waals surface area contributed by atoms with Crippen LogP contribution in [-0.4, -0.2) is 41.0 Å². The first-order chi connectivity index (χ1) is 12.2. The number of rotatable bonds is 4. The molecule has 1 aromatic carbocycles. The summed E-state index contributed by atoms with van der Waals surface area (Å²) in [7, 11) is 3.68. The summed E-state index contributed by atoms with van der Waals surface area (Å²) < 4.78 is 13.5. The Bertz CT molecular complexity index is 756. The van der Waals surface area contributed by atoms with Crippen LogP contribution in [0, 0.1) is 6.92 Å². The maximum absolute atomic E-state index is 5.85. The highest BCUT2D eigenvalue weighted by Gasteiger charge is 2.14. The van der Waals surface area contributed by atoms with E-state index in [4.69, 9.17) is 9.47 Å². The zero-order chi connectivity index (χ0) is 17.6. The van der Waals surface area contributed by atoms with Crippen molar-refractivity contribution in [3.8, 4) is 11.5 Å². The number of aromatic nitrogens is 3. The topological polar surface area (TPSA) is 85.6 Å². The standard InChI is InChI=1S/C17H24N6O2/c1-12-21-22-15(23(12)3)11-20-17(18-2)19-10-13-6-4-7-14-16(13)25-9-5-8-24-14/h4,6-7H,5,8-11H2,1-3H3,(H2,18,19,20). The molecule has 1 aromatic heterocycles. The Morgan fingerprint density at radius 3 is 2.76 bits per heavy atom. The van der Waals surface area contributed by atoms with Crippen molar-refractivity contribution in [2.45, 2.75) is 26.4 Å². The second-order valence-corrected chi connectivity index (χ2v) is 5.80. The van der Waals surface area contributed by atoms with Crippen LogP contribution in [0.1, 0.15) is 23.6 Å². The number of hydrogen-bond donors (Lipinski definition) is 2. The summed E-state index contributed by atoms with van der Waals surface area (Å²) in [5.41, 5.74) is 1.04. The molecule has 3 rings (SSSR count). The van der Waals surface area contributed by atoms with E-state index in [2.05, 4.69) is 25.8 Å². The molecule has 0 atom stereocenters. The lowest BCUT2D eigenvalue weighted by atomic mass is 10.2. The average molecular weight is 344 g/mol. The second-order valence-electron chi connectivity index (χ2n) is 5.80. The van der Waals surface area contributed by atoms with Crippen molar-refractivity contribution < 1.29 is 9.47 Å². The van der Waals surface area contributed by atoms with Gasteiger partial charge in [0.15, 0.2) is 23.3 Å². The van der Waals surface area contributed by atoms with Crippen molar-refractivity contribution in [3.05, 3.63) is 35.4 Å². The summed E-state index contributed by atoms with van der Waals surface area (Å²) >= 11 is 0. The summed E-state index contributed by atoms with van der Waals surface area (Å²) in [5.74, 6) is 4.03. The van der Waals surface area contributed by atoms with Gasteiger partial charge in [-0.25, -0.2) is 0 Å². The maximum Gasteiger partial charge on any atom is 0.191 e.